The Bertz CT molecular complexity index is 531. The largest absolute Gasteiger partial charge is 0.314 e. The molecule has 1 aromatic heterocycles. The van der Waals surface area contributed by atoms with E-state index in [-0.39, 0.29) is 10.4 Å². The third-order valence-electron chi connectivity index (χ3n) is 3.41. The van der Waals surface area contributed by atoms with E-state index < -0.39 is 10.0 Å². The number of hydrogen-bond donors (Lipinski definition) is 3. The zero-order valence-electron chi connectivity index (χ0n) is 11.0. The van der Waals surface area contributed by atoms with Gasteiger partial charge in [-0.15, -0.1) is 0 Å². The second-order valence-electron chi connectivity index (χ2n) is 5.17. The van der Waals surface area contributed by atoms with Crippen molar-refractivity contribution in [1.29, 1.82) is 0 Å². The van der Waals surface area contributed by atoms with Crippen molar-refractivity contribution >= 4 is 10.0 Å². The molecule has 3 N–H and O–H groups in total. The summed E-state index contributed by atoms with van der Waals surface area (Å²) in [5, 5.41) is 9.71. The van der Waals surface area contributed by atoms with E-state index in [1.165, 1.54) is 0 Å². The highest BCUT2D eigenvalue weighted by molar-refractivity contribution is 7.89. The van der Waals surface area contributed by atoms with E-state index in [2.05, 4.69) is 20.2 Å². The molecule has 1 aliphatic carbocycles. The summed E-state index contributed by atoms with van der Waals surface area (Å²) in [7, 11) is -1.74. The van der Waals surface area contributed by atoms with E-state index >= 15 is 0 Å². The first-order valence-corrected chi connectivity index (χ1v) is 7.59. The van der Waals surface area contributed by atoms with E-state index in [1.54, 1.807) is 14.0 Å². The molecule has 1 fully saturated rings. The van der Waals surface area contributed by atoms with Crippen LogP contribution in [0.5, 0.6) is 0 Å². The summed E-state index contributed by atoms with van der Waals surface area (Å²) < 4.78 is 27.6. The van der Waals surface area contributed by atoms with Gasteiger partial charge in [-0.1, -0.05) is 0 Å². The number of aryl methyl sites for hydroxylation is 1. The molecule has 0 atom stereocenters. The van der Waals surface area contributed by atoms with E-state index in [0.29, 0.717) is 17.9 Å². The number of aromatic amines is 1. The van der Waals surface area contributed by atoms with Gasteiger partial charge >= 0.3 is 0 Å². The molecule has 1 saturated carbocycles. The minimum absolute atomic E-state index is 0.282. The highest BCUT2D eigenvalue weighted by Gasteiger charge is 2.37. The van der Waals surface area contributed by atoms with Crippen LogP contribution < -0.4 is 10.0 Å². The molecule has 6 nitrogen and oxygen atoms in total. The van der Waals surface area contributed by atoms with Crippen LogP contribution in [0.2, 0.25) is 0 Å². The Hall–Kier alpha value is -0.920. The average molecular weight is 272 g/mol. The Labute approximate surface area is 108 Å². The Balaban J connectivity index is 2.31. The quantitative estimate of drug-likeness (QED) is 0.735. The Morgan fingerprint density at radius 2 is 2.11 bits per heavy atom. The van der Waals surface area contributed by atoms with E-state index in [4.69, 9.17) is 0 Å². The van der Waals surface area contributed by atoms with E-state index in [1.807, 2.05) is 6.92 Å². The van der Waals surface area contributed by atoms with Gasteiger partial charge in [-0.25, -0.2) is 13.1 Å². The van der Waals surface area contributed by atoms with Crippen LogP contribution in [0, 0.1) is 6.92 Å². The fourth-order valence-electron chi connectivity index (χ4n) is 2.30. The molecule has 0 bridgehead atoms. The molecule has 0 amide bonds. The molecule has 0 radical (unpaired) electrons. The Morgan fingerprint density at radius 1 is 1.44 bits per heavy atom. The van der Waals surface area contributed by atoms with Gasteiger partial charge in [-0.2, -0.15) is 5.10 Å². The zero-order valence-corrected chi connectivity index (χ0v) is 11.8. The molecule has 0 aromatic carbocycles. The van der Waals surface area contributed by atoms with Gasteiger partial charge < -0.3 is 5.32 Å². The smallest absolute Gasteiger partial charge is 0.244 e. The standard InChI is InChI=1S/C11H20N4O2S/c1-8-10(9(7-12-3)14-13-8)18(16,17)15-11(2)5-4-6-11/h12,15H,4-7H2,1-3H3,(H,13,14). The fraction of sp³-hybridized carbons (Fsp3) is 0.727. The zero-order chi connectivity index (χ0) is 13.4. The van der Waals surface area contributed by atoms with Gasteiger partial charge in [-0.05, 0) is 40.2 Å². The lowest BCUT2D eigenvalue weighted by Crippen LogP contribution is -2.51. The number of nitrogens with one attached hydrogen (secondary N) is 3. The van der Waals surface area contributed by atoms with Crippen LogP contribution in [0.3, 0.4) is 0 Å². The maximum absolute atomic E-state index is 12.4. The van der Waals surface area contributed by atoms with Gasteiger partial charge in [0.2, 0.25) is 10.0 Å². The minimum atomic E-state index is -3.50. The van der Waals surface area contributed by atoms with Crippen LogP contribution in [0.25, 0.3) is 0 Å². The third kappa shape index (κ3) is 2.43. The highest BCUT2D eigenvalue weighted by Crippen LogP contribution is 2.33. The molecule has 1 aliphatic rings. The van der Waals surface area contributed by atoms with Crippen LogP contribution in [0.15, 0.2) is 4.90 Å². The normalized spacial score (nSPS) is 18.6. The van der Waals surface area contributed by atoms with E-state index in [9.17, 15) is 8.42 Å². The molecule has 0 saturated heterocycles. The van der Waals surface area contributed by atoms with Crippen LogP contribution in [0.4, 0.5) is 0 Å². The molecule has 102 valence electrons. The molecule has 2 rings (SSSR count). The lowest BCUT2D eigenvalue weighted by molar-refractivity contribution is 0.248. The average Bonchev–Trinajstić information content (AvgIpc) is 2.58. The summed E-state index contributed by atoms with van der Waals surface area (Å²) in [4.78, 5) is 0.282. The lowest BCUT2D eigenvalue weighted by Gasteiger charge is -2.38. The highest BCUT2D eigenvalue weighted by atomic mass is 32.2. The van der Waals surface area contributed by atoms with Gasteiger partial charge in [-0.3, -0.25) is 5.10 Å². The summed E-state index contributed by atoms with van der Waals surface area (Å²) in [6, 6.07) is 0. The number of rotatable bonds is 5. The summed E-state index contributed by atoms with van der Waals surface area (Å²) in [6.45, 7) is 4.10. The summed E-state index contributed by atoms with van der Waals surface area (Å²) in [6.07, 6.45) is 2.86. The number of aromatic nitrogens is 2. The molecule has 0 aliphatic heterocycles. The minimum Gasteiger partial charge on any atom is -0.314 e. The van der Waals surface area contributed by atoms with Gasteiger partial charge in [0.25, 0.3) is 0 Å². The fourth-order valence-corrected chi connectivity index (χ4v) is 4.13. The third-order valence-corrected chi connectivity index (χ3v) is 5.25. The molecule has 7 heteroatoms. The second kappa shape index (κ2) is 4.64. The van der Waals surface area contributed by atoms with Gasteiger partial charge in [0.15, 0.2) is 0 Å². The summed E-state index contributed by atoms with van der Waals surface area (Å²) in [5.74, 6) is 0. The molecule has 1 aromatic rings. The van der Waals surface area contributed by atoms with Gasteiger partial charge in [0.05, 0.1) is 11.4 Å². The van der Waals surface area contributed by atoms with Crippen molar-refractivity contribution in [3.8, 4) is 0 Å². The van der Waals surface area contributed by atoms with Crippen molar-refractivity contribution in [2.24, 2.45) is 0 Å². The molecule has 18 heavy (non-hydrogen) atoms. The van der Waals surface area contributed by atoms with Crippen LogP contribution >= 0.6 is 0 Å². The molecular formula is C11H20N4O2S. The monoisotopic (exact) mass is 272 g/mol. The maximum Gasteiger partial charge on any atom is 0.244 e. The van der Waals surface area contributed by atoms with Crippen LogP contribution in [0.1, 0.15) is 37.6 Å². The van der Waals surface area contributed by atoms with Crippen LogP contribution in [-0.4, -0.2) is 31.2 Å². The lowest BCUT2D eigenvalue weighted by atomic mass is 9.80. The topological polar surface area (TPSA) is 86.9 Å². The van der Waals surface area contributed by atoms with Crippen molar-refractivity contribution in [3.63, 3.8) is 0 Å². The first-order valence-electron chi connectivity index (χ1n) is 6.10. The number of H-pyrrole nitrogens is 1. The molecular weight excluding hydrogens is 252 g/mol. The number of hydrogen-bond acceptors (Lipinski definition) is 4. The van der Waals surface area contributed by atoms with Crippen molar-refractivity contribution in [2.45, 2.75) is 50.1 Å². The Morgan fingerprint density at radius 3 is 2.61 bits per heavy atom. The van der Waals surface area contributed by atoms with Crippen molar-refractivity contribution in [1.82, 2.24) is 20.2 Å². The first kappa shape index (κ1) is 13.5. The van der Waals surface area contributed by atoms with E-state index in [0.717, 1.165) is 19.3 Å². The number of nitrogens with zero attached hydrogens (tertiary/aromatic N) is 1. The number of sulfonamides is 1. The molecule has 1 heterocycles. The summed E-state index contributed by atoms with van der Waals surface area (Å²) in [5.41, 5.74) is 0.820. The molecule has 0 spiro atoms. The SMILES string of the molecule is CNCc1n[nH]c(C)c1S(=O)(=O)NC1(C)CCC1. The molecule has 0 unspecified atom stereocenters. The predicted molar refractivity (Wildman–Crippen MR) is 68.7 cm³/mol. The Kier molecular flexibility index (Phi) is 3.48. The van der Waals surface area contributed by atoms with Crippen molar-refractivity contribution in [3.05, 3.63) is 11.4 Å². The van der Waals surface area contributed by atoms with Gasteiger partial charge in [0, 0.05) is 12.1 Å². The summed E-state index contributed by atoms with van der Waals surface area (Å²) >= 11 is 0. The maximum atomic E-state index is 12.4. The van der Waals surface area contributed by atoms with Crippen LogP contribution in [-0.2, 0) is 16.6 Å². The first-order chi connectivity index (χ1) is 8.38. The predicted octanol–water partition coefficient (Wildman–Crippen LogP) is 0.658. The van der Waals surface area contributed by atoms with Crippen molar-refractivity contribution < 1.29 is 8.42 Å². The van der Waals surface area contributed by atoms with Crippen molar-refractivity contribution in [2.75, 3.05) is 7.05 Å². The second-order valence-corrected chi connectivity index (χ2v) is 6.79. The van der Waals surface area contributed by atoms with Gasteiger partial charge in [0.1, 0.15) is 4.90 Å².